The zero-order valence-corrected chi connectivity index (χ0v) is 7.76. The normalized spacial score (nSPS) is 39.0. The van der Waals surface area contributed by atoms with Gasteiger partial charge in [0.05, 0.1) is 6.10 Å². The lowest BCUT2D eigenvalue weighted by Gasteiger charge is -2.32. The third-order valence-electron chi connectivity index (χ3n) is 2.20. The molecule has 0 spiro atoms. The molecule has 0 aromatic heterocycles. The molecule has 0 bridgehead atoms. The first-order chi connectivity index (χ1) is 5.22. The van der Waals surface area contributed by atoms with Gasteiger partial charge in [-0.15, -0.1) is 0 Å². The first-order valence-electron chi connectivity index (χ1n) is 4.60. The summed E-state index contributed by atoms with van der Waals surface area (Å²) in [6.45, 7) is 7.37. The number of hydrogen-bond donors (Lipinski definition) is 1. The van der Waals surface area contributed by atoms with Crippen LogP contribution in [0, 0.1) is 0 Å². The Hall–Kier alpha value is -0.0800. The molecule has 1 rings (SSSR count). The lowest BCUT2D eigenvalue weighted by Crippen LogP contribution is -2.45. The van der Waals surface area contributed by atoms with Crippen LogP contribution in [0.2, 0.25) is 0 Å². The molecule has 0 radical (unpaired) electrons. The first kappa shape index (κ1) is 9.01. The van der Waals surface area contributed by atoms with Gasteiger partial charge in [-0.3, -0.25) is 0 Å². The van der Waals surface area contributed by atoms with Gasteiger partial charge in [0.1, 0.15) is 0 Å². The molecule has 0 saturated carbocycles. The molecule has 1 unspecified atom stereocenters. The zero-order chi connectivity index (χ0) is 8.27. The van der Waals surface area contributed by atoms with E-state index in [9.17, 15) is 0 Å². The SMILES string of the molecule is CCOC1C[C@@H](C)N[C@@H](C)C1. The van der Waals surface area contributed by atoms with Crippen LogP contribution in [0.3, 0.4) is 0 Å². The quantitative estimate of drug-likeness (QED) is 0.656. The van der Waals surface area contributed by atoms with E-state index in [1.807, 2.05) is 0 Å². The molecule has 1 aliphatic rings. The van der Waals surface area contributed by atoms with Crippen molar-refractivity contribution in [1.82, 2.24) is 5.32 Å². The third kappa shape index (κ3) is 2.80. The lowest BCUT2D eigenvalue weighted by atomic mass is 9.98. The van der Waals surface area contributed by atoms with Crippen molar-refractivity contribution < 1.29 is 4.74 Å². The molecule has 0 amide bonds. The summed E-state index contributed by atoms with van der Waals surface area (Å²) in [5.74, 6) is 0. The van der Waals surface area contributed by atoms with Gasteiger partial charge in [0.2, 0.25) is 0 Å². The predicted octanol–water partition coefficient (Wildman–Crippen LogP) is 1.55. The van der Waals surface area contributed by atoms with Crippen molar-refractivity contribution in [1.29, 1.82) is 0 Å². The average molecular weight is 157 g/mol. The third-order valence-corrected chi connectivity index (χ3v) is 2.20. The number of rotatable bonds is 2. The summed E-state index contributed by atoms with van der Waals surface area (Å²) >= 11 is 0. The van der Waals surface area contributed by atoms with Gasteiger partial charge in [-0.05, 0) is 33.6 Å². The summed E-state index contributed by atoms with van der Waals surface area (Å²) in [4.78, 5) is 0. The Labute approximate surface area is 69.3 Å². The average Bonchev–Trinajstić information content (AvgIpc) is 1.85. The number of ether oxygens (including phenoxy) is 1. The van der Waals surface area contributed by atoms with Gasteiger partial charge in [-0.25, -0.2) is 0 Å². The largest absolute Gasteiger partial charge is 0.378 e. The highest BCUT2D eigenvalue weighted by atomic mass is 16.5. The minimum Gasteiger partial charge on any atom is -0.378 e. The fraction of sp³-hybridized carbons (Fsp3) is 1.00. The Morgan fingerprint density at radius 1 is 1.27 bits per heavy atom. The fourth-order valence-corrected chi connectivity index (χ4v) is 1.88. The molecule has 1 heterocycles. The maximum Gasteiger partial charge on any atom is 0.0604 e. The van der Waals surface area contributed by atoms with E-state index in [1.54, 1.807) is 0 Å². The van der Waals surface area contributed by atoms with Crippen molar-refractivity contribution >= 4 is 0 Å². The maximum absolute atomic E-state index is 5.58. The van der Waals surface area contributed by atoms with Gasteiger partial charge < -0.3 is 10.1 Å². The second-order valence-corrected chi connectivity index (χ2v) is 3.52. The van der Waals surface area contributed by atoms with Crippen molar-refractivity contribution in [2.45, 2.75) is 51.8 Å². The Morgan fingerprint density at radius 3 is 2.27 bits per heavy atom. The van der Waals surface area contributed by atoms with Crippen LogP contribution in [0.1, 0.15) is 33.6 Å². The second-order valence-electron chi connectivity index (χ2n) is 3.52. The Morgan fingerprint density at radius 2 is 1.82 bits per heavy atom. The van der Waals surface area contributed by atoms with Crippen molar-refractivity contribution in [3.63, 3.8) is 0 Å². The summed E-state index contributed by atoms with van der Waals surface area (Å²) in [7, 11) is 0. The maximum atomic E-state index is 5.58. The number of piperidine rings is 1. The minimum atomic E-state index is 0.492. The second kappa shape index (κ2) is 4.07. The van der Waals surface area contributed by atoms with E-state index < -0.39 is 0 Å². The summed E-state index contributed by atoms with van der Waals surface area (Å²) in [5.41, 5.74) is 0. The predicted molar refractivity (Wildman–Crippen MR) is 46.7 cm³/mol. The summed E-state index contributed by atoms with van der Waals surface area (Å²) in [6.07, 6.45) is 2.82. The van der Waals surface area contributed by atoms with Crippen LogP contribution in [0.25, 0.3) is 0 Å². The molecule has 0 aromatic rings. The van der Waals surface area contributed by atoms with E-state index in [1.165, 1.54) is 0 Å². The van der Waals surface area contributed by atoms with Gasteiger partial charge in [-0.1, -0.05) is 0 Å². The van der Waals surface area contributed by atoms with Crippen molar-refractivity contribution in [2.75, 3.05) is 6.61 Å². The Balaban J connectivity index is 2.30. The lowest BCUT2D eigenvalue weighted by molar-refractivity contribution is 0.0213. The molecule has 1 aliphatic heterocycles. The smallest absolute Gasteiger partial charge is 0.0604 e. The van der Waals surface area contributed by atoms with Crippen LogP contribution in [0.4, 0.5) is 0 Å². The van der Waals surface area contributed by atoms with Crippen LogP contribution < -0.4 is 5.32 Å². The molecule has 0 aromatic carbocycles. The van der Waals surface area contributed by atoms with E-state index in [-0.39, 0.29) is 0 Å². The molecule has 66 valence electrons. The first-order valence-corrected chi connectivity index (χ1v) is 4.60. The summed E-state index contributed by atoms with van der Waals surface area (Å²) in [5, 5.41) is 3.49. The van der Waals surface area contributed by atoms with Gasteiger partial charge in [-0.2, -0.15) is 0 Å². The molecular weight excluding hydrogens is 138 g/mol. The molecule has 1 saturated heterocycles. The van der Waals surface area contributed by atoms with Crippen LogP contribution in [0.15, 0.2) is 0 Å². The standard InChI is InChI=1S/C9H19NO/c1-4-11-9-5-7(2)10-8(3)6-9/h7-10H,4-6H2,1-3H3/t7-,8+,9?. The minimum absolute atomic E-state index is 0.492. The van der Waals surface area contributed by atoms with E-state index >= 15 is 0 Å². The van der Waals surface area contributed by atoms with Crippen molar-refractivity contribution in [2.24, 2.45) is 0 Å². The monoisotopic (exact) mass is 157 g/mol. The van der Waals surface area contributed by atoms with Crippen LogP contribution in [0.5, 0.6) is 0 Å². The van der Waals surface area contributed by atoms with Gasteiger partial charge >= 0.3 is 0 Å². The highest BCUT2D eigenvalue weighted by Gasteiger charge is 2.22. The van der Waals surface area contributed by atoms with E-state index in [2.05, 4.69) is 26.1 Å². The molecular formula is C9H19NO. The molecule has 1 N–H and O–H groups in total. The molecule has 11 heavy (non-hydrogen) atoms. The van der Waals surface area contributed by atoms with Crippen LogP contribution in [-0.4, -0.2) is 24.8 Å². The molecule has 1 fully saturated rings. The fourth-order valence-electron chi connectivity index (χ4n) is 1.88. The Kier molecular flexibility index (Phi) is 3.34. The summed E-state index contributed by atoms with van der Waals surface area (Å²) in [6, 6.07) is 1.24. The molecule has 3 atom stereocenters. The van der Waals surface area contributed by atoms with E-state index in [0.717, 1.165) is 19.4 Å². The van der Waals surface area contributed by atoms with E-state index in [4.69, 9.17) is 4.74 Å². The molecule has 0 aliphatic carbocycles. The number of hydrogen-bond acceptors (Lipinski definition) is 2. The van der Waals surface area contributed by atoms with Gasteiger partial charge in [0.15, 0.2) is 0 Å². The van der Waals surface area contributed by atoms with Crippen LogP contribution in [-0.2, 0) is 4.74 Å². The molecule has 2 heteroatoms. The van der Waals surface area contributed by atoms with Gasteiger partial charge in [0.25, 0.3) is 0 Å². The van der Waals surface area contributed by atoms with E-state index in [0.29, 0.717) is 18.2 Å². The topological polar surface area (TPSA) is 21.3 Å². The Bertz CT molecular complexity index is 106. The zero-order valence-electron chi connectivity index (χ0n) is 7.76. The van der Waals surface area contributed by atoms with Crippen molar-refractivity contribution in [3.8, 4) is 0 Å². The molecule has 2 nitrogen and oxygen atoms in total. The van der Waals surface area contributed by atoms with Crippen molar-refractivity contribution in [3.05, 3.63) is 0 Å². The highest BCUT2D eigenvalue weighted by Crippen LogP contribution is 2.15. The van der Waals surface area contributed by atoms with Gasteiger partial charge in [0, 0.05) is 18.7 Å². The number of nitrogens with one attached hydrogen (secondary N) is 1. The highest BCUT2D eigenvalue weighted by molar-refractivity contribution is 4.80. The van der Waals surface area contributed by atoms with Crippen LogP contribution >= 0.6 is 0 Å². The summed E-state index contributed by atoms with van der Waals surface area (Å²) < 4.78 is 5.58.